The van der Waals surface area contributed by atoms with E-state index in [1.165, 1.54) is 0 Å². The first kappa shape index (κ1) is 12.3. The highest BCUT2D eigenvalue weighted by atomic mass is 79.9. The number of hydrogen-bond acceptors (Lipinski definition) is 2. The van der Waals surface area contributed by atoms with Crippen molar-refractivity contribution < 1.29 is 8.42 Å². The van der Waals surface area contributed by atoms with Crippen LogP contribution in [-0.4, -0.2) is 8.42 Å². The van der Waals surface area contributed by atoms with Gasteiger partial charge in [0.2, 0.25) is 0 Å². The van der Waals surface area contributed by atoms with Crippen LogP contribution in [0.5, 0.6) is 0 Å². The molecular formula is C13H11BrO2S. The predicted octanol–water partition coefficient (Wildman–Crippen LogP) is 3.42. The summed E-state index contributed by atoms with van der Waals surface area (Å²) in [6.45, 7) is 0. The first-order chi connectivity index (χ1) is 8.08. The van der Waals surface area contributed by atoms with E-state index in [0.29, 0.717) is 4.90 Å². The van der Waals surface area contributed by atoms with Crippen molar-refractivity contribution in [3.8, 4) is 0 Å². The van der Waals surface area contributed by atoms with Crippen molar-refractivity contribution in [2.45, 2.75) is 10.6 Å². The number of benzene rings is 2. The van der Waals surface area contributed by atoms with Crippen molar-refractivity contribution >= 4 is 25.8 Å². The van der Waals surface area contributed by atoms with E-state index in [1.54, 1.807) is 30.3 Å². The molecule has 0 radical (unpaired) electrons. The van der Waals surface area contributed by atoms with Gasteiger partial charge in [0.15, 0.2) is 9.84 Å². The van der Waals surface area contributed by atoms with Crippen molar-refractivity contribution in [1.29, 1.82) is 0 Å². The monoisotopic (exact) mass is 310 g/mol. The molecule has 2 rings (SSSR count). The molecule has 2 aromatic carbocycles. The van der Waals surface area contributed by atoms with Crippen LogP contribution in [0.25, 0.3) is 0 Å². The highest BCUT2D eigenvalue weighted by molar-refractivity contribution is 9.10. The largest absolute Gasteiger partial charge is 0.223 e. The Balaban J connectivity index is 2.27. The molecule has 0 saturated heterocycles. The normalized spacial score (nSPS) is 11.4. The minimum Gasteiger partial charge on any atom is -0.223 e. The zero-order chi connectivity index (χ0) is 12.3. The Morgan fingerprint density at radius 2 is 1.47 bits per heavy atom. The fraction of sp³-hybridized carbons (Fsp3) is 0.0769. The number of rotatable bonds is 3. The molecule has 17 heavy (non-hydrogen) atoms. The average Bonchev–Trinajstić information content (AvgIpc) is 2.33. The highest BCUT2D eigenvalue weighted by Crippen LogP contribution is 2.17. The summed E-state index contributed by atoms with van der Waals surface area (Å²) in [5, 5.41) is 0. The topological polar surface area (TPSA) is 34.1 Å². The van der Waals surface area contributed by atoms with Crippen molar-refractivity contribution in [1.82, 2.24) is 0 Å². The van der Waals surface area contributed by atoms with Crippen molar-refractivity contribution in [2.75, 3.05) is 0 Å². The maximum Gasteiger partial charge on any atom is 0.182 e. The van der Waals surface area contributed by atoms with Gasteiger partial charge < -0.3 is 0 Å². The molecule has 0 aliphatic rings. The molecule has 0 unspecified atom stereocenters. The van der Waals surface area contributed by atoms with Crippen LogP contribution in [0.3, 0.4) is 0 Å². The second-order valence-electron chi connectivity index (χ2n) is 3.70. The molecule has 0 spiro atoms. The van der Waals surface area contributed by atoms with Crippen LogP contribution in [0, 0.1) is 0 Å². The summed E-state index contributed by atoms with van der Waals surface area (Å²) in [5.74, 6) is 0.0320. The quantitative estimate of drug-likeness (QED) is 0.870. The first-order valence-electron chi connectivity index (χ1n) is 5.10. The molecule has 0 aliphatic carbocycles. The van der Waals surface area contributed by atoms with Crippen LogP contribution in [0.4, 0.5) is 0 Å². The molecule has 2 nitrogen and oxygen atoms in total. The molecular weight excluding hydrogens is 300 g/mol. The molecule has 0 heterocycles. The second-order valence-corrected chi connectivity index (χ2v) is 6.60. The van der Waals surface area contributed by atoms with E-state index in [2.05, 4.69) is 15.9 Å². The lowest BCUT2D eigenvalue weighted by Gasteiger charge is -2.04. The van der Waals surface area contributed by atoms with Gasteiger partial charge >= 0.3 is 0 Å². The zero-order valence-electron chi connectivity index (χ0n) is 9.01. The Kier molecular flexibility index (Phi) is 3.64. The van der Waals surface area contributed by atoms with Crippen LogP contribution < -0.4 is 0 Å². The third-order valence-corrected chi connectivity index (χ3v) is 4.60. The van der Waals surface area contributed by atoms with Gasteiger partial charge in [0.05, 0.1) is 10.6 Å². The second kappa shape index (κ2) is 5.02. The molecule has 0 aromatic heterocycles. The Bertz CT molecular complexity index is 589. The fourth-order valence-electron chi connectivity index (χ4n) is 1.51. The van der Waals surface area contributed by atoms with Gasteiger partial charge in [0.25, 0.3) is 0 Å². The maximum atomic E-state index is 12.1. The van der Waals surface area contributed by atoms with E-state index in [9.17, 15) is 8.42 Å². The van der Waals surface area contributed by atoms with Crippen LogP contribution in [0.15, 0.2) is 64.0 Å². The predicted molar refractivity (Wildman–Crippen MR) is 71.5 cm³/mol. The lowest BCUT2D eigenvalue weighted by Crippen LogP contribution is -2.04. The van der Waals surface area contributed by atoms with Crippen LogP contribution in [0.1, 0.15) is 5.56 Å². The molecule has 2 aromatic rings. The van der Waals surface area contributed by atoms with Gasteiger partial charge in [-0.1, -0.05) is 46.3 Å². The third-order valence-electron chi connectivity index (χ3n) is 2.37. The molecule has 0 N–H and O–H groups in total. The summed E-state index contributed by atoms with van der Waals surface area (Å²) < 4.78 is 25.1. The summed E-state index contributed by atoms with van der Waals surface area (Å²) in [6, 6.07) is 15.8. The summed E-state index contributed by atoms with van der Waals surface area (Å²) in [5.41, 5.74) is 0.789. The van der Waals surface area contributed by atoms with E-state index in [1.807, 2.05) is 24.3 Å². The first-order valence-corrected chi connectivity index (χ1v) is 7.55. The molecule has 4 heteroatoms. The lowest BCUT2D eigenvalue weighted by atomic mass is 10.2. The summed E-state index contributed by atoms with van der Waals surface area (Å²) >= 11 is 3.32. The van der Waals surface area contributed by atoms with Crippen LogP contribution in [0.2, 0.25) is 0 Å². The Labute approximate surface area is 109 Å². The van der Waals surface area contributed by atoms with Crippen LogP contribution in [-0.2, 0) is 15.6 Å². The van der Waals surface area contributed by atoms with E-state index >= 15 is 0 Å². The van der Waals surface area contributed by atoms with E-state index in [0.717, 1.165) is 10.0 Å². The summed E-state index contributed by atoms with van der Waals surface area (Å²) in [6.07, 6.45) is 0. The average molecular weight is 311 g/mol. The zero-order valence-corrected chi connectivity index (χ0v) is 11.4. The third kappa shape index (κ3) is 3.17. The fourth-order valence-corrected chi connectivity index (χ4v) is 3.15. The summed E-state index contributed by atoms with van der Waals surface area (Å²) in [7, 11) is -3.24. The smallest absolute Gasteiger partial charge is 0.182 e. The SMILES string of the molecule is O=S(=O)(Cc1ccc(Br)cc1)c1ccccc1. The number of sulfone groups is 1. The highest BCUT2D eigenvalue weighted by Gasteiger charge is 2.14. The molecule has 0 atom stereocenters. The molecule has 0 saturated carbocycles. The minimum absolute atomic E-state index is 0.0320. The van der Waals surface area contributed by atoms with Gasteiger partial charge in [-0.05, 0) is 29.8 Å². The van der Waals surface area contributed by atoms with Crippen molar-refractivity contribution in [2.24, 2.45) is 0 Å². The van der Waals surface area contributed by atoms with Gasteiger partial charge in [-0.25, -0.2) is 8.42 Å². The van der Waals surface area contributed by atoms with E-state index in [4.69, 9.17) is 0 Å². The van der Waals surface area contributed by atoms with Crippen molar-refractivity contribution in [3.63, 3.8) is 0 Å². The number of halogens is 1. The van der Waals surface area contributed by atoms with Gasteiger partial charge in [-0.2, -0.15) is 0 Å². The van der Waals surface area contributed by atoms with E-state index in [-0.39, 0.29) is 5.75 Å². The Morgan fingerprint density at radius 3 is 2.06 bits per heavy atom. The molecule has 0 aliphatic heterocycles. The van der Waals surface area contributed by atoms with Gasteiger partial charge in [-0.3, -0.25) is 0 Å². The van der Waals surface area contributed by atoms with E-state index < -0.39 is 9.84 Å². The van der Waals surface area contributed by atoms with Gasteiger partial charge in [-0.15, -0.1) is 0 Å². The lowest BCUT2D eigenvalue weighted by molar-refractivity contribution is 0.595. The van der Waals surface area contributed by atoms with Crippen LogP contribution >= 0.6 is 15.9 Å². The Hall–Kier alpha value is -1.13. The van der Waals surface area contributed by atoms with Crippen molar-refractivity contribution in [3.05, 3.63) is 64.6 Å². The number of hydrogen-bond donors (Lipinski definition) is 0. The minimum atomic E-state index is -3.24. The Morgan fingerprint density at radius 1 is 0.882 bits per heavy atom. The maximum absolute atomic E-state index is 12.1. The molecule has 0 amide bonds. The molecule has 88 valence electrons. The van der Waals surface area contributed by atoms with Gasteiger partial charge in [0, 0.05) is 4.47 Å². The summed E-state index contributed by atoms with van der Waals surface area (Å²) in [4.78, 5) is 0.364. The molecule has 0 fully saturated rings. The standard InChI is InChI=1S/C13H11BrO2S/c14-12-8-6-11(7-9-12)10-17(15,16)13-4-2-1-3-5-13/h1-9H,10H2. The molecule has 0 bridgehead atoms. The van der Waals surface area contributed by atoms with Gasteiger partial charge in [0.1, 0.15) is 0 Å².